The van der Waals surface area contributed by atoms with Gasteiger partial charge in [0, 0.05) is 18.2 Å². The van der Waals surface area contributed by atoms with Crippen LogP contribution in [-0.4, -0.2) is 25.6 Å². The van der Waals surface area contributed by atoms with E-state index in [4.69, 9.17) is 9.47 Å². The lowest BCUT2D eigenvalue weighted by Gasteiger charge is -2.15. The first kappa shape index (κ1) is 21.0. The molecule has 29 heavy (non-hydrogen) atoms. The minimum absolute atomic E-state index is 0.0600. The molecule has 1 amide bonds. The zero-order valence-electron chi connectivity index (χ0n) is 15.6. The summed E-state index contributed by atoms with van der Waals surface area (Å²) < 4.78 is 67.1. The van der Waals surface area contributed by atoms with Crippen LogP contribution in [0.25, 0.3) is 0 Å². The molecule has 1 saturated heterocycles. The Labute approximate surface area is 164 Å². The van der Waals surface area contributed by atoms with Crippen molar-refractivity contribution in [3.63, 3.8) is 0 Å². The number of nitrogens with one attached hydrogen (secondary N) is 2. The van der Waals surface area contributed by atoms with Gasteiger partial charge in [-0.15, -0.1) is 0 Å². The van der Waals surface area contributed by atoms with Crippen LogP contribution in [0, 0.1) is 5.82 Å². The highest BCUT2D eigenvalue weighted by Crippen LogP contribution is 2.32. The van der Waals surface area contributed by atoms with E-state index in [2.05, 4.69) is 15.1 Å². The molecule has 2 heterocycles. The topological polar surface area (TPSA) is 72.7 Å². The van der Waals surface area contributed by atoms with Crippen LogP contribution in [0.5, 0.6) is 11.5 Å². The van der Waals surface area contributed by atoms with E-state index >= 15 is 0 Å². The van der Waals surface area contributed by atoms with Gasteiger partial charge in [-0.2, -0.15) is 13.2 Å². The second-order valence-electron chi connectivity index (χ2n) is 6.51. The molecule has 6 nitrogen and oxygen atoms in total. The molecule has 0 aliphatic carbocycles. The molecule has 1 aliphatic rings. The number of carbonyl (C=O) groups is 1. The van der Waals surface area contributed by atoms with E-state index < -0.39 is 17.8 Å². The van der Waals surface area contributed by atoms with Gasteiger partial charge in [0.1, 0.15) is 18.1 Å². The number of hydrogen-bond donors (Lipinski definition) is 2. The van der Waals surface area contributed by atoms with Crippen molar-refractivity contribution in [2.24, 2.45) is 0 Å². The minimum atomic E-state index is -4.60. The molecule has 1 aromatic carbocycles. The number of rotatable bonds is 7. The number of alkyl halides is 3. The van der Waals surface area contributed by atoms with E-state index in [1.807, 2.05) is 0 Å². The van der Waals surface area contributed by atoms with E-state index in [0.29, 0.717) is 5.56 Å². The van der Waals surface area contributed by atoms with Gasteiger partial charge in [-0.05, 0) is 37.6 Å². The van der Waals surface area contributed by atoms with Crippen LogP contribution >= 0.6 is 0 Å². The zero-order chi connectivity index (χ0) is 21.0. The lowest BCUT2D eigenvalue weighted by atomic mass is 10.1. The van der Waals surface area contributed by atoms with Crippen molar-refractivity contribution < 1.29 is 36.2 Å². The van der Waals surface area contributed by atoms with Crippen molar-refractivity contribution in [2.45, 2.75) is 38.2 Å². The third-order valence-corrected chi connectivity index (χ3v) is 4.48. The third-order valence-electron chi connectivity index (χ3n) is 4.48. The molecule has 158 valence electrons. The summed E-state index contributed by atoms with van der Waals surface area (Å²) in [7, 11) is 1.38. The maximum Gasteiger partial charge on any atom is 0.449 e. The molecule has 0 radical (unpaired) electrons. The van der Waals surface area contributed by atoms with E-state index in [1.165, 1.54) is 13.2 Å². The minimum Gasteiger partial charge on any atom is -0.496 e. The number of carbonyl (C=O) groups excluding carboxylic acids is 1. The lowest BCUT2D eigenvalue weighted by molar-refractivity contribution is -0.153. The van der Waals surface area contributed by atoms with Gasteiger partial charge in [-0.25, -0.2) is 4.39 Å². The van der Waals surface area contributed by atoms with E-state index in [1.54, 1.807) is 0 Å². The maximum atomic E-state index is 14.4. The highest BCUT2D eigenvalue weighted by atomic mass is 19.4. The molecule has 2 aromatic rings. The Balaban J connectivity index is 1.64. The smallest absolute Gasteiger partial charge is 0.449 e. The largest absolute Gasteiger partial charge is 0.496 e. The predicted octanol–water partition coefficient (Wildman–Crippen LogP) is 3.39. The Morgan fingerprint density at radius 2 is 2.10 bits per heavy atom. The average molecular weight is 416 g/mol. The summed E-state index contributed by atoms with van der Waals surface area (Å²) in [4.78, 5) is 12.1. The fraction of sp³-hybridized carbons (Fsp3) is 0.421. The first-order chi connectivity index (χ1) is 13.8. The van der Waals surface area contributed by atoms with Gasteiger partial charge in [-0.3, -0.25) is 4.79 Å². The molecule has 1 aliphatic heterocycles. The highest BCUT2D eigenvalue weighted by Gasteiger charge is 2.34. The second kappa shape index (κ2) is 8.73. The van der Waals surface area contributed by atoms with Crippen molar-refractivity contribution in [1.29, 1.82) is 0 Å². The Morgan fingerprint density at radius 3 is 2.72 bits per heavy atom. The fourth-order valence-corrected chi connectivity index (χ4v) is 2.99. The molecule has 0 spiro atoms. The van der Waals surface area contributed by atoms with Crippen molar-refractivity contribution >= 4 is 5.91 Å². The molecule has 1 fully saturated rings. The van der Waals surface area contributed by atoms with E-state index in [0.717, 1.165) is 37.6 Å². The summed E-state index contributed by atoms with van der Waals surface area (Å²) in [5, 5.41) is 5.79. The maximum absolute atomic E-state index is 14.4. The van der Waals surface area contributed by atoms with Gasteiger partial charge in [0.05, 0.1) is 13.2 Å². The van der Waals surface area contributed by atoms with Crippen LogP contribution in [-0.2, 0) is 24.1 Å². The second-order valence-corrected chi connectivity index (χ2v) is 6.51. The van der Waals surface area contributed by atoms with Crippen LogP contribution < -0.4 is 20.1 Å². The van der Waals surface area contributed by atoms with Gasteiger partial charge in [0.25, 0.3) is 0 Å². The van der Waals surface area contributed by atoms with Crippen molar-refractivity contribution in [2.75, 3.05) is 13.7 Å². The zero-order valence-corrected chi connectivity index (χ0v) is 15.6. The molecular formula is C19H20F4N2O4. The molecule has 0 bridgehead atoms. The van der Waals surface area contributed by atoms with Crippen LogP contribution in [0.15, 0.2) is 28.7 Å². The van der Waals surface area contributed by atoms with Crippen LogP contribution in [0.1, 0.15) is 29.9 Å². The first-order valence-electron chi connectivity index (χ1n) is 8.94. The molecule has 0 saturated carbocycles. The molecular weight excluding hydrogens is 396 g/mol. The Morgan fingerprint density at radius 1 is 1.31 bits per heavy atom. The Hall–Kier alpha value is -2.75. The normalized spacial score (nSPS) is 16.7. The molecule has 1 aromatic heterocycles. The first-order valence-corrected chi connectivity index (χ1v) is 8.94. The summed E-state index contributed by atoms with van der Waals surface area (Å²) in [6.07, 6.45) is -2.94. The van der Waals surface area contributed by atoms with Crippen molar-refractivity contribution in [3.8, 4) is 11.5 Å². The molecule has 1 atom stereocenters. The molecule has 2 N–H and O–H groups in total. The van der Waals surface area contributed by atoms with Gasteiger partial charge in [-0.1, -0.05) is 0 Å². The number of furan rings is 1. The number of benzene rings is 1. The van der Waals surface area contributed by atoms with Crippen molar-refractivity contribution in [1.82, 2.24) is 10.6 Å². The Kier molecular flexibility index (Phi) is 6.31. The number of hydrogen-bond acceptors (Lipinski definition) is 5. The fourth-order valence-electron chi connectivity index (χ4n) is 2.99. The summed E-state index contributed by atoms with van der Waals surface area (Å²) in [6, 6.07) is 4.06. The monoisotopic (exact) mass is 416 g/mol. The highest BCUT2D eigenvalue weighted by molar-refractivity contribution is 5.82. The summed E-state index contributed by atoms with van der Waals surface area (Å²) in [6.45, 7) is 0.451. The molecule has 10 heteroatoms. The number of ether oxygens (including phenoxy) is 2. The number of amides is 1. The summed E-state index contributed by atoms with van der Waals surface area (Å²) in [5.74, 6) is -2.11. The number of halogens is 4. The SMILES string of the molecule is COc1cc(OCc2ccc(C(F)(F)F)o2)c(F)cc1CNC(=O)[C@@H]1CCCN1. The van der Waals surface area contributed by atoms with Crippen LogP contribution in [0.2, 0.25) is 0 Å². The lowest BCUT2D eigenvalue weighted by Crippen LogP contribution is -2.40. The third kappa shape index (κ3) is 5.20. The van der Waals surface area contributed by atoms with Gasteiger partial charge in [0.2, 0.25) is 11.7 Å². The van der Waals surface area contributed by atoms with Crippen LogP contribution in [0.4, 0.5) is 17.6 Å². The van der Waals surface area contributed by atoms with E-state index in [9.17, 15) is 22.4 Å². The van der Waals surface area contributed by atoms with Crippen molar-refractivity contribution in [3.05, 3.63) is 47.2 Å². The van der Waals surface area contributed by atoms with Gasteiger partial charge < -0.3 is 24.5 Å². The predicted molar refractivity (Wildman–Crippen MR) is 93.9 cm³/mol. The average Bonchev–Trinajstić information content (AvgIpc) is 3.36. The van der Waals surface area contributed by atoms with E-state index in [-0.39, 0.29) is 42.4 Å². The standard InChI is InChI=1S/C19H20F4N2O4/c1-27-15-8-16(28-10-12-4-5-17(29-12)19(21,22)23)13(20)7-11(15)9-25-18(26)14-3-2-6-24-14/h4-5,7-8,14,24H,2-3,6,9-10H2,1H3,(H,25,26)/t14-/m0/s1. The molecule has 0 unspecified atom stereocenters. The van der Waals surface area contributed by atoms with Gasteiger partial charge in [0.15, 0.2) is 11.6 Å². The van der Waals surface area contributed by atoms with Crippen LogP contribution in [0.3, 0.4) is 0 Å². The summed E-state index contributed by atoms with van der Waals surface area (Å²) in [5.41, 5.74) is 0.404. The summed E-state index contributed by atoms with van der Waals surface area (Å²) >= 11 is 0. The Bertz CT molecular complexity index is 860. The number of methoxy groups -OCH3 is 1. The van der Waals surface area contributed by atoms with Gasteiger partial charge >= 0.3 is 6.18 Å². The molecule has 3 rings (SSSR count). The quantitative estimate of drug-likeness (QED) is 0.677.